The summed E-state index contributed by atoms with van der Waals surface area (Å²) in [6.45, 7) is 0.606. The predicted molar refractivity (Wildman–Crippen MR) is 108 cm³/mol. The molecule has 8 heteroatoms. The van der Waals surface area contributed by atoms with Crippen LogP contribution in [0, 0.1) is 3.95 Å². The average molecular weight is 460 g/mol. The van der Waals surface area contributed by atoms with Crippen LogP contribution in [-0.4, -0.2) is 22.1 Å². The van der Waals surface area contributed by atoms with E-state index in [1.807, 2.05) is 48.5 Å². The van der Waals surface area contributed by atoms with Gasteiger partial charge in [0.15, 0.2) is 8.29 Å². The first-order chi connectivity index (χ1) is 11.6. The lowest BCUT2D eigenvalue weighted by Crippen LogP contribution is -2.00. The van der Waals surface area contributed by atoms with Gasteiger partial charge in [0.05, 0.1) is 12.3 Å². The van der Waals surface area contributed by atoms with Gasteiger partial charge in [-0.05, 0) is 54.7 Å². The van der Waals surface area contributed by atoms with Crippen molar-refractivity contribution in [3.8, 4) is 11.4 Å². The highest BCUT2D eigenvalue weighted by atomic mass is 79.9. The van der Waals surface area contributed by atoms with E-state index < -0.39 is 0 Å². The Hall–Kier alpha value is -0.860. The summed E-state index contributed by atoms with van der Waals surface area (Å²) < 4.78 is 10.1. The van der Waals surface area contributed by atoms with E-state index in [4.69, 9.17) is 28.6 Å². The first-order valence-corrected chi connectivity index (χ1v) is 10.4. The molecule has 3 aromatic rings. The standard InChI is InChI=1S/C16H12BrClN2OS3/c17-11-2-1-3-14(10-11)21-8-9-23-15-19-20(16(22)24-15)13-6-4-12(18)5-7-13/h1-7,10H,8-9H2. The van der Waals surface area contributed by atoms with Crippen LogP contribution in [0.5, 0.6) is 5.75 Å². The van der Waals surface area contributed by atoms with Crippen molar-refractivity contribution in [2.75, 3.05) is 12.4 Å². The average Bonchev–Trinajstić information content (AvgIpc) is 2.93. The van der Waals surface area contributed by atoms with Crippen LogP contribution >= 0.6 is 62.8 Å². The first kappa shape index (κ1) is 17.9. The Morgan fingerprint density at radius 2 is 2.04 bits per heavy atom. The van der Waals surface area contributed by atoms with Crippen molar-refractivity contribution in [2.45, 2.75) is 4.34 Å². The molecular weight excluding hydrogens is 448 g/mol. The number of ether oxygens (including phenoxy) is 1. The normalized spacial score (nSPS) is 10.8. The van der Waals surface area contributed by atoms with Crippen LogP contribution in [0.2, 0.25) is 5.02 Å². The Bertz CT molecular complexity index is 880. The number of benzene rings is 2. The summed E-state index contributed by atoms with van der Waals surface area (Å²) in [7, 11) is 0. The minimum atomic E-state index is 0.606. The molecule has 0 atom stereocenters. The summed E-state index contributed by atoms with van der Waals surface area (Å²) in [4.78, 5) is 0. The molecule has 1 aromatic heterocycles. The lowest BCUT2D eigenvalue weighted by molar-refractivity contribution is 0.343. The fraction of sp³-hybridized carbons (Fsp3) is 0.125. The quantitative estimate of drug-likeness (QED) is 0.247. The fourth-order valence-electron chi connectivity index (χ4n) is 1.91. The lowest BCUT2D eigenvalue weighted by atomic mass is 10.3. The van der Waals surface area contributed by atoms with Gasteiger partial charge in [-0.1, -0.05) is 56.7 Å². The zero-order valence-electron chi connectivity index (χ0n) is 12.3. The molecule has 2 aromatic carbocycles. The number of nitrogens with zero attached hydrogens (tertiary/aromatic N) is 2. The van der Waals surface area contributed by atoms with Crippen LogP contribution in [0.4, 0.5) is 0 Å². The van der Waals surface area contributed by atoms with Gasteiger partial charge in [-0.3, -0.25) is 0 Å². The minimum absolute atomic E-state index is 0.606. The van der Waals surface area contributed by atoms with Gasteiger partial charge in [0.1, 0.15) is 5.75 Å². The molecule has 0 unspecified atom stereocenters. The highest BCUT2D eigenvalue weighted by Gasteiger charge is 2.06. The van der Waals surface area contributed by atoms with Gasteiger partial charge in [0.25, 0.3) is 0 Å². The molecule has 0 N–H and O–H groups in total. The third kappa shape index (κ3) is 4.83. The van der Waals surface area contributed by atoms with E-state index in [1.54, 1.807) is 16.4 Å². The molecule has 0 aliphatic carbocycles. The molecule has 0 bridgehead atoms. The third-order valence-corrected chi connectivity index (χ3v) is 6.05. The molecule has 0 aliphatic rings. The number of aromatic nitrogens is 2. The van der Waals surface area contributed by atoms with Crippen molar-refractivity contribution < 1.29 is 4.74 Å². The second-order valence-electron chi connectivity index (χ2n) is 4.68. The highest BCUT2D eigenvalue weighted by molar-refractivity contribution is 9.10. The van der Waals surface area contributed by atoms with Gasteiger partial charge in [0, 0.05) is 15.2 Å². The van der Waals surface area contributed by atoms with Crippen molar-refractivity contribution in [1.29, 1.82) is 0 Å². The Kier molecular flexibility index (Phi) is 6.35. The van der Waals surface area contributed by atoms with E-state index in [0.717, 1.165) is 26.0 Å². The van der Waals surface area contributed by atoms with Crippen molar-refractivity contribution in [3.05, 3.63) is 62.0 Å². The van der Waals surface area contributed by atoms with Crippen molar-refractivity contribution >= 4 is 62.8 Å². The number of halogens is 2. The maximum absolute atomic E-state index is 5.91. The maximum Gasteiger partial charge on any atom is 0.184 e. The Labute approximate surface area is 166 Å². The molecule has 3 nitrogen and oxygen atoms in total. The molecule has 3 rings (SSSR count). The Morgan fingerprint density at radius 1 is 1.25 bits per heavy atom. The van der Waals surface area contributed by atoms with Crippen LogP contribution in [0.3, 0.4) is 0 Å². The van der Waals surface area contributed by atoms with Gasteiger partial charge >= 0.3 is 0 Å². The lowest BCUT2D eigenvalue weighted by Gasteiger charge is -2.05. The smallest absolute Gasteiger partial charge is 0.184 e. The first-order valence-electron chi connectivity index (χ1n) is 6.99. The van der Waals surface area contributed by atoms with Gasteiger partial charge in [-0.25, -0.2) is 4.68 Å². The summed E-state index contributed by atoms with van der Waals surface area (Å²) >= 11 is 17.9. The van der Waals surface area contributed by atoms with Gasteiger partial charge in [-0.2, -0.15) is 0 Å². The molecule has 0 spiro atoms. The molecule has 0 saturated carbocycles. The summed E-state index contributed by atoms with van der Waals surface area (Å²) in [6.07, 6.45) is 0. The zero-order chi connectivity index (χ0) is 16.9. The number of rotatable bonds is 6. The molecule has 0 amide bonds. The molecule has 124 valence electrons. The number of hydrogen-bond donors (Lipinski definition) is 0. The van der Waals surface area contributed by atoms with Crippen LogP contribution in [0.1, 0.15) is 0 Å². The SMILES string of the molecule is S=c1sc(SCCOc2cccc(Br)c2)nn1-c1ccc(Cl)cc1. The van der Waals surface area contributed by atoms with Gasteiger partial charge < -0.3 is 4.74 Å². The van der Waals surface area contributed by atoms with Gasteiger partial charge in [0.2, 0.25) is 0 Å². The van der Waals surface area contributed by atoms with E-state index in [1.165, 1.54) is 11.3 Å². The van der Waals surface area contributed by atoms with Crippen LogP contribution < -0.4 is 4.74 Å². The van der Waals surface area contributed by atoms with Crippen LogP contribution in [0.25, 0.3) is 5.69 Å². The predicted octanol–water partition coefficient (Wildman–Crippen LogP) is 6.25. The van der Waals surface area contributed by atoms with Crippen LogP contribution in [0.15, 0.2) is 57.3 Å². The highest BCUT2D eigenvalue weighted by Crippen LogP contribution is 2.25. The van der Waals surface area contributed by atoms with Crippen molar-refractivity contribution in [1.82, 2.24) is 9.78 Å². The van der Waals surface area contributed by atoms with E-state index in [9.17, 15) is 0 Å². The van der Waals surface area contributed by atoms with Crippen molar-refractivity contribution in [2.24, 2.45) is 0 Å². The molecule has 1 heterocycles. The molecule has 0 fully saturated rings. The Morgan fingerprint density at radius 3 is 2.79 bits per heavy atom. The van der Waals surface area contributed by atoms with E-state index >= 15 is 0 Å². The maximum atomic E-state index is 5.91. The minimum Gasteiger partial charge on any atom is -0.493 e. The van der Waals surface area contributed by atoms with E-state index in [-0.39, 0.29) is 0 Å². The molecule has 0 radical (unpaired) electrons. The van der Waals surface area contributed by atoms with E-state index in [0.29, 0.717) is 15.6 Å². The Balaban J connectivity index is 1.57. The summed E-state index contributed by atoms with van der Waals surface area (Å²) in [5.74, 6) is 1.65. The topological polar surface area (TPSA) is 27.1 Å². The van der Waals surface area contributed by atoms with Crippen LogP contribution in [-0.2, 0) is 0 Å². The molecular formula is C16H12BrClN2OS3. The molecule has 0 aliphatic heterocycles. The summed E-state index contributed by atoms with van der Waals surface area (Å²) in [5, 5.41) is 5.25. The molecule has 0 saturated heterocycles. The zero-order valence-corrected chi connectivity index (χ0v) is 17.1. The molecule has 24 heavy (non-hydrogen) atoms. The summed E-state index contributed by atoms with van der Waals surface area (Å²) in [5.41, 5.74) is 0.915. The van der Waals surface area contributed by atoms with Crippen molar-refractivity contribution in [3.63, 3.8) is 0 Å². The second-order valence-corrected chi connectivity index (χ2v) is 8.99. The third-order valence-electron chi connectivity index (χ3n) is 2.97. The second kappa shape index (κ2) is 8.49. The fourth-order valence-corrected chi connectivity index (χ4v) is 4.66. The number of hydrogen-bond acceptors (Lipinski definition) is 5. The van der Waals surface area contributed by atoms with Gasteiger partial charge in [-0.15, -0.1) is 5.10 Å². The van der Waals surface area contributed by atoms with E-state index in [2.05, 4.69) is 21.0 Å². The summed E-state index contributed by atoms with van der Waals surface area (Å²) in [6, 6.07) is 15.3. The number of thioether (sulfide) groups is 1. The monoisotopic (exact) mass is 458 g/mol. The largest absolute Gasteiger partial charge is 0.493 e.